The van der Waals surface area contributed by atoms with Crippen LogP contribution in [-0.4, -0.2) is 67.0 Å². The van der Waals surface area contributed by atoms with Gasteiger partial charge in [-0.2, -0.15) is 14.1 Å². The Morgan fingerprint density at radius 2 is 1.65 bits per heavy atom. The molecule has 1 aliphatic heterocycles. The monoisotopic (exact) mass is 534 g/mol. The van der Waals surface area contributed by atoms with Crippen LogP contribution in [0.2, 0.25) is 0 Å². The van der Waals surface area contributed by atoms with Crippen molar-refractivity contribution >= 4 is 15.7 Å². The summed E-state index contributed by atoms with van der Waals surface area (Å²) in [6, 6.07) is 11.6. The molecule has 1 fully saturated rings. The lowest BCUT2D eigenvalue weighted by Crippen LogP contribution is -2.49. The lowest BCUT2D eigenvalue weighted by Gasteiger charge is -2.35. The largest absolute Gasteiger partial charge is 0.486 e. The molecule has 0 unspecified atom stereocenters. The van der Waals surface area contributed by atoms with Gasteiger partial charge >= 0.3 is 5.56 Å². The van der Waals surface area contributed by atoms with Gasteiger partial charge in [0.1, 0.15) is 17.3 Å². The smallest absolute Gasteiger partial charge is 0.316 e. The number of aromatic nitrogens is 2. The molecule has 198 valence electrons. The van der Waals surface area contributed by atoms with Gasteiger partial charge < -0.3 is 14.7 Å². The summed E-state index contributed by atoms with van der Waals surface area (Å²) in [6.07, 6.45) is 2.33. The van der Waals surface area contributed by atoms with Crippen LogP contribution >= 0.6 is 0 Å². The molecule has 0 bridgehead atoms. The maximum atomic E-state index is 13.8. The van der Waals surface area contributed by atoms with Crippen molar-refractivity contribution in [3.05, 3.63) is 82.3 Å². The molecule has 1 aromatic heterocycles. The Kier molecular flexibility index (Phi) is 8.52. The van der Waals surface area contributed by atoms with Crippen LogP contribution in [0, 0.1) is 11.6 Å². The van der Waals surface area contributed by atoms with Crippen molar-refractivity contribution in [3.8, 4) is 11.4 Å². The third-order valence-electron chi connectivity index (χ3n) is 5.97. The first-order valence-corrected chi connectivity index (χ1v) is 13.5. The van der Waals surface area contributed by atoms with E-state index in [-0.39, 0.29) is 43.5 Å². The van der Waals surface area contributed by atoms with Gasteiger partial charge in [-0.05, 0) is 30.5 Å². The lowest BCUT2D eigenvalue weighted by atomic mass is 10.2. The van der Waals surface area contributed by atoms with Gasteiger partial charge in [-0.25, -0.2) is 17.2 Å². The average Bonchev–Trinajstić information content (AvgIpc) is 2.87. The van der Waals surface area contributed by atoms with Crippen molar-refractivity contribution in [3.63, 3.8) is 0 Å². The van der Waals surface area contributed by atoms with Crippen LogP contribution in [0.5, 0.6) is 5.75 Å². The Hall–Kier alpha value is -3.35. The van der Waals surface area contributed by atoms with E-state index in [1.165, 1.54) is 10.5 Å². The van der Waals surface area contributed by atoms with Crippen molar-refractivity contribution < 1.29 is 27.0 Å². The molecule has 0 saturated carbocycles. The lowest BCUT2D eigenvalue weighted by molar-refractivity contribution is 0.251. The second-order valence-electron chi connectivity index (χ2n) is 8.61. The number of hydrogen-bond acceptors (Lipinski definition) is 7. The number of unbranched alkanes of at least 4 members (excludes halogenated alkanes) is 1. The Labute approximate surface area is 213 Å². The van der Waals surface area contributed by atoms with Gasteiger partial charge in [0.2, 0.25) is 15.8 Å². The zero-order chi connectivity index (χ0) is 26.4. The average molecular weight is 535 g/mol. The molecule has 3 aromatic rings. The third kappa shape index (κ3) is 6.51. The number of aliphatic hydroxyl groups is 1. The van der Waals surface area contributed by atoms with E-state index >= 15 is 0 Å². The molecular weight excluding hydrogens is 506 g/mol. The van der Waals surface area contributed by atoms with Crippen LogP contribution in [0.15, 0.2) is 59.5 Å². The van der Waals surface area contributed by atoms with E-state index in [9.17, 15) is 22.0 Å². The van der Waals surface area contributed by atoms with Crippen LogP contribution in [0.1, 0.15) is 18.4 Å². The first-order valence-electron chi connectivity index (χ1n) is 11.9. The highest BCUT2D eigenvalue weighted by Gasteiger charge is 2.29. The molecule has 1 saturated heterocycles. The van der Waals surface area contributed by atoms with Gasteiger partial charge in [0.05, 0.1) is 24.2 Å². The Balaban J connectivity index is 1.56. The first kappa shape index (κ1) is 26.7. The molecular formula is C25H28F2N4O5S. The molecule has 1 N–H and O–H groups in total. The fourth-order valence-electron chi connectivity index (χ4n) is 4.11. The summed E-state index contributed by atoms with van der Waals surface area (Å²) in [5.74, 6) is -1.87. The summed E-state index contributed by atoms with van der Waals surface area (Å²) < 4.78 is 61.4. The highest BCUT2D eigenvalue weighted by atomic mass is 32.2. The van der Waals surface area contributed by atoms with E-state index < -0.39 is 27.2 Å². The number of aliphatic hydroxyl groups excluding tert-OH is 1. The molecule has 4 rings (SSSR count). The van der Waals surface area contributed by atoms with E-state index in [0.717, 1.165) is 16.8 Å². The van der Waals surface area contributed by atoms with Gasteiger partial charge in [-0.1, -0.05) is 30.3 Å². The SMILES string of the molecule is O=c1c(OCCCCO)c(N2CCN(S(=O)(=O)Cc3ccccc3)CC2)cnn1-c1cc(F)cc(F)c1. The highest BCUT2D eigenvalue weighted by Crippen LogP contribution is 2.27. The Morgan fingerprint density at radius 3 is 2.30 bits per heavy atom. The zero-order valence-corrected chi connectivity index (χ0v) is 20.9. The summed E-state index contributed by atoms with van der Waals surface area (Å²) in [5.41, 5.74) is 0.268. The number of halogens is 2. The summed E-state index contributed by atoms with van der Waals surface area (Å²) in [4.78, 5) is 15.1. The summed E-state index contributed by atoms with van der Waals surface area (Å²) in [6.45, 7) is 1.10. The van der Waals surface area contributed by atoms with Crippen LogP contribution in [0.3, 0.4) is 0 Å². The second-order valence-corrected chi connectivity index (χ2v) is 10.6. The van der Waals surface area contributed by atoms with Gasteiger partial charge in [0.15, 0.2) is 0 Å². The van der Waals surface area contributed by atoms with Crippen LogP contribution < -0.4 is 15.2 Å². The molecule has 12 heteroatoms. The molecule has 0 atom stereocenters. The molecule has 0 radical (unpaired) electrons. The van der Waals surface area contributed by atoms with Crippen molar-refractivity contribution in [1.29, 1.82) is 0 Å². The molecule has 2 aromatic carbocycles. The number of piperazine rings is 1. The highest BCUT2D eigenvalue weighted by molar-refractivity contribution is 7.88. The van der Waals surface area contributed by atoms with Gasteiger partial charge in [-0.3, -0.25) is 4.79 Å². The minimum absolute atomic E-state index is 0.0290. The minimum atomic E-state index is -3.53. The molecule has 9 nitrogen and oxygen atoms in total. The number of rotatable bonds is 10. The molecule has 1 aliphatic rings. The molecule has 0 amide bonds. The topological polar surface area (TPSA) is 105 Å². The fraction of sp³-hybridized carbons (Fsp3) is 0.360. The van der Waals surface area contributed by atoms with E-state index in [0.29, 0.717) is 43.2 Å². The van der Waals surface area contributed by atoms with Crippen molar-refractivity contribution in [2.75, 3.05) is 44.3 Å². The molecule has 0 aliphatic carbocycles. The molecule has 0 spiro atoms. The predicted octanol–water partition coefficient (Wildman–Crippen LogP) is 2.31. The predicted molar refractivity (Wildman–Crippen MR) is 134 cm³/mol. The van der Waals surface area contributed by atoms with E-state index in [2.05, 4.69) is 5.10 Å². The Bertz CT molecular complexity index is 1360. The first-order chi connectivity index (χ1) is 17.8. The van der Waals surface area contributed by atoms with E-state index in [1.54, 1.807) is 29.2 Å². The van der Waals surface area contributed by atoms with Gasteiger partial charge in [-0.15, -0.1) is 0 Å². The van der Waals surface area contributed by atoms with Crippen LogP contribution in [0.25, 0.3) is 5.69 Å². The van der Waals surface area contributed by atoms with Crippen molar-refractivity contribution in [2.45, 2.75) is 18.6 Å². The summed E-state index contributed by atoms with van der Waals surface area (Å²) in [7, 11) is -3.53. The quantitative estimate of drug-likeness (QED) is 0.398. The minimum Gasteiger partial charge on any atom is -0.486 e. The van der Waals surface area contributed by atoms with Gasteiger partial charge in [0.25, 0.3) is 0 Å². The van der Waals surface area contributed by atoms with E-state index in [1.807, 2.05) is 6.07 Å². The second kappa shape index (κ2) is 11.8. The zero-order valence-electron chi connectivity index (χ0n) is 20.1. The standard InChI is InChI=1S/C25H28F2N4O5S/c26-20-14-21(27)16-22(15-20)31-25(33)24(36-13-5-4-12-32)23(17-28-31)29-8-10-30(11-9-29)37(34,35)18-19-6-2-1-3-7-19/h1-3,6-7,14-17,32H,4-5,8-13,18H2. The number of anilines is 1. The maximum Gasteiger partial charge on any atom is 0.316 e. The normalized spacial score (nSPS) is 14.6. The van der Waals surface area contributed by atoms with E-state index in [4.69, 9.17) is 9.84 Å². The number of benzene rings is 2. The third-order valence-corrected chi connectivity index (χ3v) is 7.82. The van der Waals surface area contributed by atoms with Crippen LogP contribution in [0.4, 0.5) is 14.5 Å². The van der Waals surface area contributed by atoms with Gasteiger partial charge in [0, 0.05) is 38.9 Å². The van der Waals surface area contributed by atoms with Crippen molar-refractivity contribution in [2.24, 2.45) is 0 Å². The maximum absolute atomic E-state index is 13.8. The Morgan fingerprint density at radius 1 is 0.973 bits per heavy atom. The summed E-state index contributed by atoms with van der Waals surface area (Å²) >= 11 is 0. The number of nitrogens with zero attached hydrogens (tertiary/aromatic N) is 4. The summed E-state index contributed by atoms with van der Waals surface area (Å²) in [5, 5.41) is 13.2. The number of hydrogen-bond donors (Lipinski definition) is 1. The van der Waals surface area contributed by atoms with Crippen LogP contribution in [-0.2, 0) is 15.8 Å². The molecule has 37 heavy (non-hydrogen) atoms. The molecule has 2 heterocycles. The number of sulfonamides is 1. The van der Waals surface area contributed by atoms with Crippen molar-refractivity contribution in [1.82, 2.24) is 14.1 Å². The number of ether oxygens (including phenoxy) is 1. The fourth-order valence-corrected chi connectivity index (χ4v) is 5.62.